The average Bonchev–Trinajstić information content (AvgIpc) is 2.99. The van der Waals surface area contributed by atoms with Gasteiger partial charge in [0.25, 0.3) is 0 Å². The molecule has 0 saturated carbocycles. The van der Waals surface area contributed by atoms with Gasteiger partial charge in [-0.1, -0.05) is 0 Å². The molecule has 0 aliphatic heterocycles. The highest BCUT2D eigenvalue weighted by atomic mass is 16.5. The van der Waals surface area contributed by atoms with Crippen molar-refractivity contribution in [1.29, 1.82) is 0 Å². The molecule has 0 amide bonds. The lowest BCUT2D eigenvalue weighted by Crippen LogP contribution is -2.33. The summed E-state index contributed by atoms with van der Waals surface area (Å²) in [5.41, 5.74) is 1.96. The molecule has 12 heteroatoms. The Bertz CT molecular complexity index is 1270. The Kier molecular flexibility index (Phi) is 9.96. The number of allylic oxidation sites excluding steroid dienone is 1. The first-order valence-corrected chi connectivity index (χ1v) is 12.0. The maximum atomic E-state index is 12.9. The van der Waals surface area contributed by atoms with Gasteiger partial charge in [0, 0.05) is 47.8 Å². The molecule has 216 valence electrons. The number of esters is 2. The number of ether oxygens (including phenoxy) is 8. The minimum absolute atomic E-state index is 0.0804. The molecule has 0 fully saturated rings. The van der Waals surface area contributed by atoms with Crippen molar-refractivity contribution < 1.29 is 47.5 Å². The zero-order valence-electron chi connectivity index (χ0n) is 23.8. The van der Waals surface area contributed by atoms with Crippen LogP contribution >= 0.6 is 0 Å². The van der Waals surface area contributed by atoms with Gasteiger partial charge in [-0.2, -0.15) is 0 Å². The Morgan fingerprint density at radius 3 is 1.50 bits per heavy atom. The van der Waals surface area contributed by atoms with Crippen LogP contribution in [0.15, 0.2) is 47.2 Å². The zero-order valence-corrected chi connectivity index (χ0v) is 23.8. The molecular weight excluding hydrogens is 524 g/mol. The Morgan fingerprint density at radius 1 is 0.650 bits per heavy atom. The lowest BCUT2D eigenvalue weighted by Gasteiger charge is -2.28. The van der Waals surface area contributed by atoms with Crippen LogP contribution in [0.5, 0.6) is 34.5 Å². The standard InChI is InChI=1S/C28H34N2O10/c1-33-21-9-15(10-22(34-2)25(21)37-5)29-19-13-18(28(32)40-8)20(14-17(19)27(31)39-7)30-16-11-23(35-3)26(38-6)24(12-16)36-4/h9-13,20,29-30H,14H2,1-8H3. The van der Waals surface area contributed by atoms with Gasteiger partial charge in [0.2, 0.25) is 11.5 Å². The number of hydrogen-bond donors (Lipinski definition) is 2. The van der Waals surface area contributed by atoms with Gasteiger partial charge in [0.15, 0.2) is 23.0 Å². The van der Waals surface area contributed by atoms with Gasteiger partial charge >= 0.3 is 11.9 Å². The number of carbonyl (C=O) groups is 2. The molecule has 2 aromatic carbocycles. The van der Waals surface area contributed by atoms with Crippen LogP contribution in [-0.4, -0.2) is 74.9 Å². The SMILES string of the molecule is COC(=O)C1=CC(Nc2cc(OC)c(OC)c(OC)c2)=C(C(=O)OC)CC1Nc1cc(OC)c(OC)c(OC)c1. The number of hydrogen-bond acceptors (Lipinski definition) is 12. The number of rotatable bonds is 12. The third-order valence-electron chi connectivity index (χ3n) is 6.21. The number of anilines is 2. The molecular formula is C28H34N2O10. The van der Waals surface area contributed by atoms with Gasteiger partial charge < -0.3 is 48.5 Å². The predicted molar refractivity (Wildman–Crippen MR) is 147 cm³/mol. The van der Waals surface area contributed by atoms with Gasteiger partial charge in [-0.15, -0.1) is 0 Å². The van der Waals surface area contributed by atoms with Crippen molar-refractivity contribution >= 4 is 23.3 Å². The minimum Gasteiger partial charge on any atom is -0.493 e. The topological polar surface area (TPSA) is 132 Å². The summed E-state index contributed by atoms with van der Waals surface area (Å²) >= 11 is 0. The molecule has 0 radical (unpaired) electrons. The van der Waals surface area contributed by atoms with E-state index in [4.69, 9.17) is 37.9 Å². The molecule has 1 aliphatic rings. The van der Waals surface area contributed by atoms with Crippen LogP contribution in [0.25, 0.3) is 0 Å². The molecule has 0 bridgehead atoms. The van der Waals surface area contributed by atoms with E-state index in [9.17, 15) is 9.59 Å². The second-order valence-electron chi connectivity index (χ2n) is 8.33. The minimum atomic E-state index is -0.671. The summed E-state index contributed by atoms with van der Waals surface area (Å²) in [6.45, 7) is 0. The highest BCUT2D eigenvalue weighted by molar-refractivity contribution is 5.97. The smallest absolute Gasteiger partial charge is 0.335 e. The fourth-order valence-electron chi connectivity index (χ4n) is 4.32. The van der Waals surface area contributed by atoms with E-state index < -0.39 is 18.0 Å². The van der Waals surface area contributed by atoms with E-state index in [0.717, 1.165) is 0 Å². The molecule has 1 atom stereocenters. The molecule has 12 nitrogen and oxygen atoms in total. The predicted octanol–water partition coefficient (Wildman–Crippen LogP) is 3.56. The van der Waals surface area contributed by atoms with Crippen LogP contribution in [0.1, 0.15) is 6.42 Å². The second-order valence-corrected chi connectivity index (χ2v) is 8.33. The van der Waals surface area contributed by atoms with Crippen molar-refractivity contribution in [2.45, 2.75) is 12.5 Å². The number of methoxy groups -OCH3 is 8. The van der Waals surface area contributed by atoms with Gasteiger partial charge in [-0.3, -0.25) is 0 Å². The molecule has 1 unspecified atom stereocenters. The van der Waals surface area contributed by atoms with Crippen molar-refractivity contribution in [2.75, 3.05) is 67.5 Å². The fraction of sp³-hybridized carbons (Fsp3) is 0.357. The Balaban J connectivity index is 2.08. The molecule has 40 heavy (non-hydrogen) atoms. The van der Waals surface area contributed by atoms with Crippen LogP contribution in [-0.2, 0) is 19.1 Å². The Hall–Kier alpha value is -4.74. The molecule has 0 spiro atoms. The maximum Gasteiger partial charge on any atom is 0.335 e. The van der Waals surface area contributed by atoms with Crippen molar-refractivity contribution in [1.82, 2.24) is 0 Å². The first-order chi connectivity index (χ1) is 19.3. The van der Waals surface area contributed by atoms with Crippen molar-refractivity contribution in [3.8, 4) is 34.5 Å². The van der Waals surface area contributed by atoms with Gasteiger partial charge in [0.05, 0.1) is 74.1 Å². The Labute approximate surface area is 232 Å². The third-order valence-corrected chi connectivity index (χ3v) is 6.21. The average molecular weight is 559 g/mol. The van der Waals surface area contributed by atoms with E-state index in [1.54, 1.807) is 30.3 Å². The highest BCUT2D eigenvalue weighted by Crippen LogP contribution is 2.42. The molecule has 2 aromatic rings. The normalized spacial score (nSPS) is 14.4. The van der Waals surface area contributed by atoms with E-state index in [-0.39, 0.29) is 17.6 Å². The van der Waals surface area contributed by atoms with Crippen molar-refractivity contribution in [3.05, 3.63) is 47.2 Å². The van der Waals surface area contributed by atoms with E-state index >= 15 is 0 Å². The first kappa shape index (κ1) is 29.8. The van der Waals surface area contributed by atoms with Crippen LogP contribution in [0.2, 0.25) is 0 Å². The second kappa shape index (κ2) is 13.4. The molecule has 0 heterocycles. The zero-order chi connectivity index (χ0) is 29.4. The number of carbonyl (C=O) groups excluding carboxylic acids is 2. The monoisotopic (exact) mass is 558 g/mol. The van der Waals surface area contributed by atoms with E-state index in [1.165, 1.54) is 56.9 Å². The summed E-state index contributed by atoms with van der Waals surface area (Å²) in [7, 11) is 11.6. The first-order valence-electron chi connectivity index (χ1n) is 12.0. The molecule has 0 saturated heterocycles. The lowest BCUT2D eigenvalue weighted by molar-refractivity contribution is -0.138. The summed E-state index contributed by atoms with van der Waals surface area (Å²) in [5, 5.41) is 6.47. The van der Waals surface area contributed by atoms with E-state index in [2.05, 4.69) is 10.6 Å². The molecule has 0 aromatic heterocycles. The van der Waals surface area contributed by atoms with Crippen molar-refractivity contribution in [3.63, 3.8) is 0 Å². The summed E-state index contributed by atoms with van der Waals surface area (Å²) in [4.78, 5) is 25.8. The van der Waals surface area contributed by atoms with Crippen molar-refractivity contribution in [2.24, 2.45) is 0 Å². The van der Waals surface area contributed by atoms with Crippen LogP contribution in [0, 0.1) is 0 Å². The summed E-state index contributed by atoms with van der Waals surface area (Å²) in [6, 6.07) is 6.07. The van der Waals surface area contributed by atoms with Gasteiger partial charge in [0.1, 0.15) is 0 Å². The van der Waals surface area contributed by atoms with E-state index in [1.807, 2.05) is 0 Å². The fourth-order valence-corrected chi connectivity index (χ4v) is 4.32. The van der Waals surface area contributed by atoms with Crippen LogP contribution in [0.4, 0.5) is 11.4 Å². The molecule has 1 aliphatic carbocycles. The quantitative estimate of drug-likeness (QED) is 0.369. The number of benzene rings is 2. The molecule has 3 rings (SSSR count). The number of nitrogens with one attached hydrogen (secondary N) is 2. The summed E-state index contributed by atoms with van der Waals surface area (Å²) in [5.74, 6) is 1.29. The summed E-state index contributed by atoms with van der Waals surface area (Å²) < 4.78 is 42.7. The van der Waals surface area contributed by atoms with Crippen LogP contribution in [0.3, 0.4) is 0 Å². The van der Waals surface area contributed by atoms with Gasteiger partial charge in [-0.25, -0.2) is 9.59 Å². The molecule has 2 N–H and O–H groups in total. The highest BCUT2D eigenvalue weighted by Gasteiger charge is 2.32. The largest absolute Gasteiger partial charge is 0.493 e. The Morgan fingerprint density at radius 2 is 1.10 bits per heavy atom. The van der Waals surface area contributed by atoms with E-state index in [0.29, 0.717) is 51.6 Å². The lowest BCUT2D eigenvalue weighted by atomic mass is 9.90. The third kappa shape index (κ3) is 6.11. The summed E-state index contributed by atoms with van der Waals surface area (Å²) in [6.07, 6.45) is 1.62. The van der Waals surface area contributed by atoms with Crippen LogP contribution < -0.4 is 39.1 Å². The maximum absolute atomic E-state index is 12.9. The van der Waals surface area contributed by atoms with Gasteiger partial charge in [-0.05, 0) is 6.08 Å².